The molecule has 28 heavy (non-hydrogen) atoms. The number of carbonyl (C=O) groups excluding carboxylic acids is 1. The minimum Gasteiger partial charge on any atom is -0.368 e. The van der Waals surface area contributed by atoms with E-state index in [1.54, 1.807) is 17.0 Å². The van der Waals surface area contributed by atoms with Gasteiger partial charge in [-0.05, 0) is 49.2 Å². The second kappa shape index (κ2) is 7.73. The molecule has 0 radical (unpaired) electrons. The molecule has 0 unspecified atom stereocenters. The maximum absolute atomic E-state index is 12.9. The van der Waals surface area contributed by atoms with E-state index < -0.39 is 10.0 Å². The summed E-state index contributed by atoms with van der Waals surface area (Å²) in [4.78, 5) is 17.0. The van der Waals surface area contributed by atoms with Crippen LogP contribution in [0, 0.1) is 0 Å². The second-order valence-electron chi connectivity index (χ2n) is 7.18. The standard InChI is InChI=1S/C20H22ClN3O3S/c21-16-4-2-5-18(14-16)23-9-11-24(12-10-23)20(25)15-3-1-6-19(13-15)28(26,27)22-17-7-8-17/h1-6,13-14,17,22H,7-12H2. The fourth-order valence-corrected chi connectivity index (χ4v) is 4.84. The van der Waals surface area contributed by atoms with Crippen LogP contribution in [0.5, 0.6) is 0 Å². The van der Waals surface area contributed by atoms with Crippen LogP contribution in [-0.4, -0.2) is 51.4 Å². The molecule has 2 aliphatic rings. The van der Waals surface area contributed by atoms with Gasteiger partial charge in [-0.1, -0.05) is 23.7 Å². The molecule has 0 atom stereocenters. The number of hydrogen-bond acceptors (Lipinski definition) is 4. The van der Waals surface area contributed by atoms with Crippen LogP contribution >= 0.6 is 11.6 Å². The Morgan fingerprint density at radius 2 is 1.71 bits per heavy atom. The number of amides is 1. The van der Waals surface area contributed by atoms with Gasteiger partial charge in [0.05, 0.1) is 4.90 Å². The molecule has 4 rings (SSSR count). The number of nitrogens with one attached hydrogen (secondary N) is 1. The van der Waals surface area contributed by atoms with Crippen LogP contribution in [0.1, 0.15) is 23.2 Å². The first-order valence-corrected chi connectivity index (χ1v) is 11.2. The number of piperazine rings is 1. The van der Waals surface area contributed by atoms with Gasteiger partial charge in [0.15, 0.2) is 0 Å². The van der Waals surface area contributed by atoms with Gasteiger partial charge in [-0.15, -0.1) is 0 Å². The molecule has 1 saturated heterocycles. The Kier molecular flexibility index (Phi) is 5.31. The van der Waals surface area contributed by atoms with Crippen molar-refractivity contribution < 1.29 is 13.2 Å². The molecule has 2 aromatic carbocycles. The predicted molar refractivity (Wildman–Crippen MR) is 109 cm³/mol. The highest BCUT2D eigenvalue weighted by atomic mass is 35.5. The van der Waals surface area contributed by atoms with Crippen molar-refractivity contribution in [1.82, 2.24) is 9.62 Å². The molecule has 1 aliphatic carbocycles. The lowest BCUT2D eigenvalue weighted by Gasteiger charge is -2.36. The fraction of sp³-hybridized carbons (Fsp3) is 0.350. The van der Waals surface area contributed by atoms with Crippen LogP contribution in [0.4, 0.5) is 5.69 Å². The number of halogens is 1. The normalized spacial score (nSPS) is 17.6. The monoisotopic (exact) mass is 419 g/mol. The summed E-state index contributed by atoms with van der Waals surface area (Å²) in [5, 5.41) is 0.689. The van der Waals surface area contributed by atoms with E-state index in [1.807, 2.05) is 24.3 Å². The molecule has 8 heteroatoms. The van der Waals surface area contributed by atoms with Crippen LogP contribution < -0.4 is 9.62 Å². The molecule has 1 aliphatic heterocycles. The summed E-state index contributed by atoms with van der Waals surface area (Å²) in [6.45, 7) is 2.55. The molecule has 1 amide bonds. The van der Waals surface area contributed by atoms with E-state index in [2.05, 4.69) is 9.62 Å². The molecule has 1 N–H and O–H groups in total. The smallest absolute Gasteiger partial charge is 0.254 e. The topological polar surface area (TPSA) is 69.7 Å². The molecular formula is C20H22ClN3O3S. The van der Waals surface area contributed by atoms with Crippen molar-refractivity contribution in [2.45, 2.75) is 23.8 Å². The van der Waals surface area contributed by atoms with E-state index in [0.717, 1.165) is 18.5 Å². The predicted octanol–water partition coefficient (Wildman–Crippen LogP) is 2.74. The SMILES string of the molecule is O=C(c1cccc(S(=O)(=O)NC2CC2)c1)N1CCN(c2cccc(Cl)c2)CC1. The highest BCUT2D eigenvalue weighted by molar-refractivity contribution is 7.89. The lowest BCUT2D eigenvalue weighted by atomic mass is 10.1. The first-order chi connectivity index (χ1) is 13.4. The van der Waals surface area contributed by atoms with Gasteiger partial charge in [-0.25, -0.2) is 13.1 Å². The van der Waals surface area contributed by atoms with Gasteiger partial charge in [-0.3, -0.25) is 4.79 Å². The third-order valence-electron chi connectivity index (χ3n) is 5.03. The summed E-state index contributed by atoms with van der Waals surface area (Å²) >= 11 is 6.06. The van der Waals surface area contributed by atoms with Gasteiger partial charge in [0.25, 0.3) is 5.91 Å². The lowest BCUT2D eigenvalue weighted by molar-refractivity contribution is 0.0746. The van der Waals surface area contributed by atoms with E-state index in [1.165, 1.54) is 12.1 Å². The molecule has 148 valence electrons. The highest BCUT2D eigenvalue weighted by Gasteiger charge is 2.29. The van der Waals surface area contributed by atoms with Crippen molar-refractivity contribution in [3.63, 3.8) is 0 Å². The Morgan fingerprint density at radius 3 is 2.39 bits per heavy atom. The van der Waals surface area contributed by atoms with Crippen molar-refractivity contribution in [1.29, 1.82) is 0 Å². The van der Waals surface area contributed by atoms with Crippen molar-refractivity contribution >= 4 is 33.2 Å². The Morgan fingerprint density at radius 1 is 1.00 bits per heavy atom. The zero-order chi connectivity index (χ0) is 19.7. The summed E-state index contributed by atoms with van der Waals surface area (Å²) in [6, 6.07) is 14.0. The Bertz CT molecular complexity index is 984. The maximum Gasteiger partial charge on any atom is 0.254 e. The molecule has 0 aromatic heterocycles. The number of rotatable bonds is 5. The van der Waals surface area contributed by atoms with Gasteiger partial charge < -0.3 is 9.80 Å². The van der Waals surface area contributed by atoms with E-state index in [-0.39, 0.29) is 16.8 Å². The average Bonchev–Trinajstić information content (AvgIpc) is 3.51. The van der Waals surface area contributed by atoms with Gasteiger partial charge >= 0.3 is 0 Å². The summed E-state index contributed by atoms with van der Waals surface area (Å²) in [5.74, 6) is -0.144. The van der Waals surface area contributed by atoms with Crippen LogP contribution in [-0.2, 0) is 10.0 Å². The zero-order valence-corrected chi connectivity index (χ0v) is 16.9. The largest absolute Gasteiger partial charge is 0.368 e. The van der Waals surface area contributed by atoms with E-state index in [0.29, 0.717) is 36.8 Å². The number of nitrogens with zero attached hydrogens (tertiary/aromatic N) is 2. The molecule has 2 fully saturated rings. The number of benzene rings is 2. The first-order valence-electron chi connectivity index (χ1n) is 9.34. The van der Waals surface area contributed by atoms with Crippen molar-refractivity contribution in [2.24, 2.45) is 0 Å². The number of sulfonamides is 1. The lowest BCUT2D eigenvalue weighted by Crippen LogP contribution is -2.48. The third-order valence-corrected chi connectivity index (χ3v) is 6.78. The maximum atomic E-state index is 12.9. The Hall–Kier alpha value is -2.09. The Labute approximate surface area is 170 Å². The molecule has 0 bridgehead atoms. The summed E-state index contributed by atoms with van der Waals surface area (Å²) < 4.78 is 27.5. The molecule has 2 aromatic rings. The van der Waals surface area contributed by atoms with E-state index >= 15 is 0 Å². The van der Waals surface area contributed by atoms with Crippen LogP contribution in [0.25, 0.3) is 0 Å². The van der Waals surface area contributed by atoms with Gasteiger partial charge in [-0.2, -0.15) is 0 Å². The van der Waals surface area contributed by atoms with Crippen LogP contribution in [0.15, 0.2) is 53.4 Å². The van der Waals surface area contributed by atoms with Crippen molar-refractivity contribution in [3.05, 3.63) is 59.1 Å². The molecule has 1 heterocycles. The van der Waals surface area contributed by atoms with Gasteiger partial charge in [0, 0.05) is 48.5 Å². The molecule has 6 nitrogen and oxygen atoms in total. The third kappa shape index (κ3) is 4.32. The van der Waals surface area contributed by atoms with E-state index in [9.17, 15) is 13.2 Å². The van der Waals surface area contributed by atoms with Gasteiger partial charge in [0.2, 0.25) is 10.0 Å². The number of anilines is 1. The van der Waals surface area contributed by atoms with Crippen LogP contribution in [0.2, 0.25) is 5.02 Å². The average molecular weight is 420 g/mol. The first kappa shape index (κ1) is 19.2. The number of hydrogen-bond donors (Lipinski definition) is 1. The van der Waals surface area contributed by atoms with Crippen molar-refractivity contribution in [3.8, 4) is 0 Å². The molecule has 0 spiro atoms. The van der Waals surface area contributed by atoms with Crippen LogP contribution in [0.3, 0.4) is 0 Å². The minimum atomic E-state index is -3.57. The summed E-state index contributed by atoms with van der Waals surface area (Å²) in [7, 11) is -3.57. The summed E-state index contributed by atoms with van der Waals surface area (Å²) in [5.41, 5.74) is 1.44. The molecule has 1 saturated carbocycles. The number of carbonyl (C=O) groups is 1. The molecular weight excluding hydrogens is 398 g/mol. The van der Waals surface area contributed by atoms with Gasteiger partial charge in [0.1, 0.15) is 0 Å². The fourth-order valence-electron chi connectivity index (χ4n) is 3.31. The highest BCUT2D eigenvalue weighted by Crippen LogP contribution is 2.24. The van der Waals surface area contributed by atoms with E-state index in [4.69, 9.17) is 11.6 Å². The zero-order valence-electron chi connectivity index (χ0n) is 15.3. The van der Waals surface area contributed by atoms with Crippen molar-refractivity contribution in [2.75, 3.05) is 31.1 Å². The Balaban J connectivity index is 1.43. The second-order valence-corrected chi connectivity index (χ2v) is 9.33. The minimum absolute atomic E-state index is 0.0314. The quantitative estimate of drug-likeness (QED) is 0.809. The summed E-state index contributed by atoms with van der Waals surface area (Å²) in [6.07, 6.45) is 1.74.